The lowest BCUT2D eigenvalue weighted by atomic mass is 10.0. The van der Waals surface area contributed by atoms with Gasteiger partial charge in [-0.2, -0.15) is 0 Å². The molecule has 2 aromatic rings. The molecule has 1 atom stereocenters. The number of nitro groups is 1. The Bertz CT molecular complexity index is 876. The van der Waals surface area contributed by atoms with Gasteiger partial charge < -0.3 is 10.5 Å². The van der Waals surface area contributed by atoms with Gasteiger partial charge in [0.15, 0.2) is 0 Å². The summed E-state index contributed by atoms with van der Waals surface area (Å²) in [7, 11) is 0. The fraction of sp³-hybridized carbons (Fsp3) is 0.278. The number of carbonyl (C=O) groups excluding carboxylic acids is 1. The molecule has 0 radical (unpaired) electrons. The van der Waals surface area contributed by atoms with E-state index in [1.54, 1.807) is 13.0 Å². The first kappa shape index (κ1) is 19.0. The summed E-state index contributed by atoms with van der Waals surface area (Å²) >= 11 is 0. The molecule has 0 saturated heterocycles. The van der Waals surface area contributed by atoms with Gasteiger partial charge in [0.05, 0.1) is 23.3 Å². The van der Waals surface area contributed by atoms with Crippen molar-refractivity contribution in [2.24, 2.45) is 5.16 Å². The molecular formula is C18H20N4O4. The highest BCUT2D eigenvalue weighted by atomic mass is 16.6. The molecule has 0 fully saturated rings. The number of amides is 1. The van der Waals surface area contributed by atoms with Gasteiger partial charge in [0.2, 0.25) is 6.04 Å². The number of carbonyl (C=O) groups is 1. The molecule has 1 aromatic carbocycles. The smallest absolute Gasteiger partial charge is 0.253 e. The first-order valence-electron chi connectivity index (χ1n) is 8.14. The number of rotatable bonds is 7. The highest BCUT2D eigenvalue weighted by Crippen LogP contribution is 2.13. The van der Waals surface area contributed by atoms with Crippen LogP contribution in [-0.4, -0.2) is 39.3 Å². The molecule has 8 heteroatoms. The van der Waals surface area contributed by atoms with Crippen molar-refractivity contribution in [1.82, 2.24) is 10.3 Å². The minimum absolute atomic E-state index is 0.0594. The van der Waals surface area contributed by atoms with Crippen molar-refractivity contribution in [1.29, 1.82) is 0 Å². The SMILES string of the molecule is CC/C(=C\C(CNC(=O)c1cnc2ccccc2c1)=N/O)C(C)[N+](=O)[O-]. The van der Waals surface area contributed by atoms with Crippen LogP contribution >= 0.6 is 0 Å². The number of fused-ring (bicyclic) bond motifs is 1. The standard InChI is InChI=1S/C18H20N4O4/c1-3-13(12(2)22(25)26)9-16(21-24)11-20-18(23)15-8-14-6-4-5-7-17(14)19-10-15/h4-10,12,24H,3,11H2,1-2H3,(H,20,23)/b13-9+,21-16+. The first-order valence-corrected chi connectivity index (χ1v) is 8.14. The Labute approximate surface area is 150 Å². The van der Waals surface area contributed by atoms with Crippen LogP contribution in [-0.2, 0) is 0 Å². The van der Waals surface area contributed by atoms with Gasteiger partial charge in [-0.15, -0.1) is 0 Å². The highest BCUT2D eigenvalue weighted by Gasteiger charge is 2.18. The third kappa shape index (κ3) is 4.62. The number of hydrogen-bond acceptors (Lipinski definition) is 6. The van der Waals surface area contributed by atoms with E-state index in [4.69, 9.17) is 5.21 Å². The number of benzene rings is 1. The second-order valence-electron chi connectivity index (χ2n) is 5.72. The van der Waals surface area contributed by atoms with Crippen LogP contribution in [0.1, 0.15) is 30.6 Å². The van der Waals surface area contributed by atoms with Crippen molar-refractivity contribution < 1.29 is 14.9 Å². The number of pyridine rings is 1. The van der Waals surface area contributed by atoms with E-state index in [2.05, 4.69) is 15.5 Å². The van der Waals surface area contributed by atoms with Crippen LogP contribution in [0.5, 0.6) is 0 Å². The zero-order chi connectivity index (χ0) is 19.1. The lowest BCUT2D eigenvalue weighted by Gasteiger charge is -2.09. The summed E-state index contributed by atoms with van der Waals surface area (Å²) in [6.45, 7) is 3.18. The number of hydrogen-bond donors (Lipinski definition) is 2. The maximum atomic E-state index is 12.3. The maximum Gasteiger partial charge on any atom is 0.253 e. The van der Waals surface area contributed by atoms with Crippen LogP contribution < -0.4 is 5.32 Å². The van der Waals surface area contributed by atoms with Crippen molar-refractivity contribution in [3.05, 3.63) is 63.9 Å². The van der Waals surface area contributed by atoms with Crippen molar-refractivity contribution in [3.63, 3.8) is 0 Å². The predicted molar refractivity (Wildman–Crippen MR) is 98.1 cm³/mol. The lowest BCUT2D eigenvalue weighted by Crippen LogP contribution is -2.29. The minimum Gasteiger partial charge on any atom is -0.411 e. The molecule has 8 nitrogen and oxygen atoms in total. The molecule has 136 valence electrons. The van der Waals surface area contributed by atoms with E-state index in [-0.39, 0.29) is 18.2 Å². The van der Waals surface area contributed by atoms with Gasteiger partial charge >= 0.3 is 0 Å². The van der Waals surface area contributed by atoms with Crippen molar-refractivity contribution >= 4 is 22.5 Å². The van der Waals surface area contributed by atoms with Gasteiger partial charge in [-0.1, -0.05) is 30.3 Å². The molecule has 2 rings (SSSR count). The summed E-state index contributed by atoms with van der Waals surface area (Å²) in [5.41, 5.74) is 1.80. The molecule has 0 aliphatic heterocycles. The van der Waals surface area contributed by atoms with E-state index in [0.29, 0.717) is 17.6 Å². The van der Waals surface area contributed by atoms with Crippen LogP contribution in [0, 0.1) is 10.1 Å². The Morgan fingerprint density at radius 3 is 2.85 bits per heavy atom. The van der Waals surface area contributed by atoms with Crippen molar-refractivity contribution in [3.8, 4) is 0 Å². The number of aromatic nitrogens is 1. The molecule has 0 spiro atoms. The molecule has 0 aliphatic carbocycles. The summed E-state index contributed by atoms with van der Waals surface area (Å²) in [4.78, 5) is 27.0. The molecule has 1 unspecified atom stereocenters. The topological polar surface area (TPSA) is 118 Å². The Hall–Kier alpha value is -3.29. The maximum absolute atomic E-state index is 12.3. The number of nitrogens with zero attached hydrogens (tertiary/aromatic N) is 3. The highest BCUT2D eigenvalue weighted by molar-refractivity contribution is 6.02. The fourth-order valence-electron chi connectivity index (χ4n) is 2.45. The monoisotopic (exact) mass is 356 g/mol. The van der Waals surface area contributed by atoms with E-state index in [1.165, 1.54) is 19.2 Å². The van der Waals surface area contributed by atoms with Crippen LogP contribution in [0.15, 0.2) is 53.3 Å². The summed E-state index contributed by atoms with van der Waals surface area (Å²) < 4.78 is 0. The second-order valence-corrected chi connectivity index (χ2v) is 5.72. The lowest BCUT2D eigenvalue weighted by molar-refractivity contribution is -0.507. The minimum atomic E-state index is -0.892. The summed E-state index contributed by atoms with van der Waals surface area (Å²) in [5, 5.41) is 26.6. The van der Waals surface area contributed by atoms with Gasteiger partial charge in [0.1, 0.15) is 0 Å². The molecule has 0 aliphatic rings. The number of oxime groups is 1. The molecule has 1 aromatic heterocycles. The molecule has 2 N–H and O–H groups in total. The van der Waals surface area contributed by atoms with E-state index in [9.17, 15) is 14.9 Å². The molecule has 1 amide bonds. The number of para-hydroxylation sites is 1. The van der Waals surface area contributed by atoms with E-state index in [0.717, 1.165) is 10.9 Å². The van der Waals surface area contributed by atoms with E-state index >= 15 is 0 Å². The Morgan fingerprint density at radius 2 is 2.19 bits per heavy atom. The Kier molecular flexibility index (Phi) is 6.37. The molecule has 0 saturated carbocycles. The van der Waals surface area contributed by atoms with Gasteiger partial charge in [0.25, 0.3) is 5.91 Å². The summed E-state index contributed by atoms with van der Waals surface area (Å²) in [5.74, 6) is -0.377. The van der Waals surface area contributed by atoms with E-state index < -0.39 is 11.0 Å². The molecular weight excluding hydrogens is 336 g/mol. The van der Waals surface area contributed by atoms with Crippen LogP contribution in [0.4, 0.5) is 0 Å². The largest absolute Gasteiger partial charge is 0.411 e. The van der Waals surface area contributed by atoms with Crippen LogP contribution in [0.25, 0.3) is 10.9 Å². The van der Waals surface area contributed by atoms with Gasteiger partial charge in [-0.05, 0) is 24.6 Å². The van der Waals surface area contributed by atoms with Crippen molar-refractivity contribution in [2.45, 2.75) is 26.3 Å². The van der Waals surface area contributed by atoms with Crippen molar-refractivity contribution in [2.75, 3.05) is 6.54 Å². The fourth-order valence-corrected chi connectivity index (χ4v) is 2.45. The second kappa shape index (κ2) is 8.70. The van der Waals surface area contributed by atoms with E-state index in [1.807, 2.05) is 24.3 Å². The number of nitrogens with one attached hydrogen (secondary N) is 1. The van der Waals surface area contributed by atoms with Gasteiger partial charge in [-0.25, -0.2) is 0 Å². The molecule has 0 bridgehead atoms. The summed E-state index contributed by atoms with van der Waals surface area (Å²) in [6, 6.07) is 8.25. The van der Waals surface area contributed by atoms with Gasteiger partial charge in [0, 0.05) is 29.0 Å². The van der Waals surface area contributed by atoms with Crippen LogP contribution in [0.3, 0.4) is 0 Å². The van der Waals surface area contributed by atoms with Gasteiger partial charge in [-0.3, -0.25) is 19.9 Å². The Morgan fingerprint density at radius 1 is 1.46 bits per heavy atom. The predicted octanol–water partition coefficient (Wildman–Crippen LogP) is 2.80. The third-order valence-electron chi connectivity index (χ3n) is 4.02. The van der Waals surface area contributed by atoms with Crippen LogP contribution in [0.2, 0.25) is 0 Å². The average Bonchev–Trinajstić information content (AvgIpc) is 2.67. The zero-order valence-electron chi connectivity index (χ0n) is 14.5. The Balaban J connectivity index is 2.09. The average molecular weight is 356 g/mol. The first-order chi connectivity index (χ1) is 12.5. The summed E-state index contributed by atoms with van der Waals surface area (Å²) in [6.07, 6.45) is 3.34. The quantitative estimate of drug-likeness (QED) is 0.342. The third-order valence-corrected chi connectivity index (χ3v) is 4.02. The molecule has 1 heterocycles. The molecule has 26 heavy (non-hydrogen) atoms. The zero-order valence-corrected chi connectivity index (χ0v) is 14.5. The normalized spacial score (nSPS) is 13.5.